The highest BCUT2D eigenvalue weighted by molar-refractivity contribution is 8.33. The average molecular weight is 730 g/mol. The molecular weight excluding hydrogens is 707 g/mol. The lowest BCUT2D eigenvalue weighted by Gasteiger charge is -2.44. The van der Waals surface area contributed by atoms with Gasteiger partial charge in [0, 0.05) is 17.9 Å². The Hall–Kier alpha value is -1.30. The standard InChI is InChI=1S/C20H23F17O5S2/c1-2-3-4-5-6-12(38)11-43(9-7-41-8-10-43)42-44(39,40)20(36,37)18(31,32)16(27,28)14(23,24)13(21,22)15(25,26)17(29,30)19(33,34)35/h2-11H2,1H3. The minimum absolute atomic E-state index is 0.146. The van der Waals surface area contributed by atoms with Crippen LogP contribution in [0.2, 0.25) is 0 Å². The smallest absolute Gasteiger partial charge is 0.380 e. The van der Waals surface area contributed by atoms with Crippen molar-refractivity contribution in [2.24, 2.45) is 0 Å². The number of carbonyl (C=O) groups excluding carboxylic acids is 1. The number of hydrogen-bond acceptors (Lipinski definition) is 5. The molecule has 0 N–H and O–H groups in total. The van der Waals surface area contributed by atoms with Crippen molar-refractivity contribution < 1.29 is 96.2 Å². The van der Waals surface area contributed by atoms with Gasteiger partial charge in [-0.2, -0.15) is 83.1 Å². The molecule has 264 valence electrons. The molecule has 1 rings (SSSR count). The topological polar surface area (TPSA) is 69.7 Å². The van der Waals surface area contributed by atoms with Gasteiger partial charge in [0.15, 0.2) is 0 Å². The summed E-state index contributed by atoms with van der Waals surface area (Å²) in [4.78, 5) is 12.3. The van der Waals surface area contributed by atoms with E-state index in [2.05, 4.69) is 3.63 Å². The van der Waals surface area contributed by atoms with Crippen LogP contribution in [0.5, 0.6) is 0 Å². The zero-order valence-corrected chi connectivity index (χ0v) is 23.5. The maximum absolute atomic E-state index is 14.5. The molecule has 5 nitrogen and oxygen atoms in total. The van der Waals surface area contributed by atoms with E-state index in [1.807, 2.05) is 0 Å². The number of unbranched alkanes of at least 4 members (excludes halogenated alkanes) is 3. The van der Waals surface area contributed by atoms with Crippen LogP contribution < -0.4 is 0 Å². The van der Waals surface area contributed by atoms with E-state index >= 15 is 0 Å². The molecule has 0 spiro atoms. The summed E-state index contributed by atoms with van der Waals surface area (Å²) >= 11 is 0. The van der Waals surface area contributed by atoms with Crippen LogP contribution in [0.15, 0.2) is 0 Å². The average Bonchev–Trinajstić information content (AvgIpc) is 2.85. The number of carbonyl (C=O) groups is 1. The second-order valence-corrected chi connectivity index (χ2v) is 14.5. The van der Waals surface area contributed by atoms with Gasteiger partial charge in [0.1, 0.15) is 5.78 Å². The zero-order valence-electron chi connectivity index (χ0n) is 21.9. The van der Waals surface area contributed by atoms with E-state index in [9.17, 15) is 87.8 Å². The van der Waals surface area contributed by atoms with E-state index < -0.39 is 104 Å². The predicted octanol–water partition coefficient (Wildman–Crippen LogP) is 7.59. The number of Topliss-reactive ketones (excluding diaryl/α,β-unsaturated/α-hetero) is 1. The third-order valence-corrected chi connectivity index (χ3v) is 11.6. The van der Waals surface area contributed by atoms with Crippen molar-refractivity contribution in [2.75, 3.05) is 30.5 Å². The first kappa shape index (κ1) is 40.7. The van der Waals surface area contributed by atoms with Gasteiger partial charge >= 0.3 is 57.1 Å². The Morgan fingerprint density at radius 1 is 0.659 bits per heavy atom. The second kappa shape index (κ2) is 12.7. The summed E-state index contributed by atoms with van der Waals surface area (Å²) < 4.78 is 263. The molecule has 1 heterocycles. The van der Waals surface area contributed by atoms with Crippen LogP contribution in [0.25, 0.3) is 0 Å². The van der Waals surface area contributed by atoms with Crippen LogP contribution in [0, 0.1) is 0 Å². The van der Waals surface area contributed by atoms with Gasteiger partial charge in [-0.3, -0.25) is 4.79 Å². The molecule has 0 radical (unpaired) electrons. The van der Waals surface area contributed by atoms with Gasteiger partial charge < -0.3 is 4.74 Å². The largest absolute Gasteiger partial charge is 0.460 e. The maximum atomic E-state index is 14.5. The highest BCUT2D eigenvalue weighted by Gasteiger charge is 2.96. The normalized spacial score (nSPS) is 19.1. The lowest BCUT2D eigenvalue weighted by atomic mass is 9.91. The first-order valence-corrected chi connectivity index (χ1v) is 15.4. The van der Waals surface area contributed by atoms with Gasteiger partial charge in [-0.1, -0.05) is 26.2 Å². The first-order chi connectivity index (χ1) is 19.4. The zero-order chi connectivity index (χ0) is 35.1. The number of ketones is 1. The van der Waals surface area contributed by atoms with Gasteiger partial charge in [-0.05, 0) is 6.42 Å². The van der Waals surface area contributed by atoms with E-state index in [-0.39, 0.29) is 12.8 Å². The minimum atomic E-state index is -8.93. The summed E-state index contributed by atoms with van der Waals surface area (Å²) in [6.07, 6.45) is -6.43. The molecule has 0 unspecified atom stereocenters. The Labute approximate surface area is 239 Å². The Bertz CT molecular complexity index is 1120. The summed E-state index contributed by atoms with van der Waals surface area (Å²) in [5.74, 6) is -55.9. The molecule has 0 aromatic rings. The fourth-order valence-corrected chi connectivity index (χ4v) is 8.62. The Balaban J connectivity index is 3.58. The van der Waals surface area contributed by atoms with Gasteiger partial charge in [-0.15, -0.1) is 10.3 Å². The van der Waals surface area contributed by atoms with Gasteiger partial charge in [-0.25, -0.2) is 3.63 Å². The third kappa shape index (κ3) is 6.72. The van der Waals surface area contributed by atoms with Crippen molar-refractivity contribution >= 4 is 26.2 Å². The molecule has 1 fully saturated rings. The third-order valence-electron chi connectivity index (χ3n) is 6.17. The van der Waals surface area contributed by atoms with Crippen molar-refractivity contribution in [3.63, 3.8) is 0 Å². The summed E-state index contributed by atoms with van der Waals surface area (Å²) in [6.45, 7) is 0.541. The second-order valence-electron chi connectivity index (χ2n) is 9.46. The van der Waals surface area contributed by atoms with E-state index in [4.69, 9.17) is 4.74 Å². The van der Waals surface area contributed by atoms with Crippen molar-refractivity contribution in [1.82, 2.24) is 0 Å². The molecule has 1 aliphatic heterocycles. The molecule has 0 bridgehead atoms. The molecule has 0 aromatic carbocycles. The van der Waals surface area contributed by atoms with Crippen molar-refractivity contribution in [3.05, 3.63) is 0 Å². The molecule has 0 amide bonds. The van der Waals surface area contributed by atoms with E-state index in [0.29, 0.717) is 19.3 Å². The van der Waals surface area contributed by atoms with E-state index in [1.165, 1.54) is 0 Å². The summed E-state index contributed by atoms with van der Waals surface area (Å²) in [6, 6.07) is 0. The van der Waals surface area contributed by atoms with Crippen LogP contribution in [0.1, 0.15) is 39.0 Å². The number of hydrogen-bond donors (Lipinski definition) is 0. The quantitative estimate of drug-likeness (QED) is 0.121. The van der Waals surface area contributed by atoms with Crippen LogP contribution in [0.4, 0.5) is 74.6 Å². The highest BCUT2D eigenvalue weighted by atomic mass is 32.3. The van der Waals surface area contributed by atoms with Gasteiger partial charge in [0.25, 0.3) is 0 Å². The van der Waals surface area contributed by atoms with Crippen molar-refractivity contribution in [2.45, 2.75) is 86.0 Å². The summed E-state index contributed by atoms with van der Waals surface area (Å²) in [5, 5.41) is -7.78. The fourth-order valence-electron chi connectivity index (χ4n) is 3.52. The first-order valence-electron chi connectivity index (χ1n) is 11.9. The summed E-state index contributed by atoms with van der Waals surface area (Å²) in [5.41, 5.74) is 0. The molecule has 1 saturated heterocycles. The SMILES string of the molecule is CCCCCCC(=O)CS1(OS(=O)(=O)C(F)(F)C(F)(F)C(F)(F)C(F)(F)C(F)(F)C(F)(F)C(F)(F)C(F)(F)F)CCOCC1. The molecule has 1 aliphatic rings. The van der Waals surface area contributed by atoms with E-state index in [1.54, 1.807) is 6.92 Å². The Kier molecular flexibility index (Phi) is 11.8. The lowest BCUT2D eigenvalue weighted by Crippen LogP contribution is -2.75. The fraction of sp³-hybridized carbons (Fsp3) is 0.950. The minimum Gasteiger partial charge on any atom is -0.380 e. The Morgan fingerprint density at radius 2 is 1.07 bits per heavy atom. The van der Waals surface area contributed by atoms with Crippen LogP contribution >= 0.6 is 10.3 Å². The molecule has 0 aliphatic carbocycles. The van der Waals surface area contributed by atoms with Crippen molar-refractivity contribution in [3.8, 4) is 0 Å². The lowest BCUT2D eigenvalue weighted by molar-refractivity contribution is -0.458. The number of halogens is 17. The van der Waals surface area contributed by atoms with Gasteiger partial charge in [0.05, 0.1) is 19.0 Å². The Morgan fingerprint density at radius 3 is 1.48 bits per heavy atom. The van der Waals surface area contributed by atoms with Crippen LogP contribution in [0.3, 0.4) is 0 Å². The molecule has 24 heteroatoms. The van der Waals surface area contributed by atoms with E-state index in [0.717, 1.165) is 0 Å². The number of ether oxygens (including phenoxy) is 1. The molecule has 0 saturated carbocycles. The monoisotopic (exact) mass is 730 g/mol. The molecule has 0 atom stereocenters. The molecular formula is C20H23F17O5S2. The molecule has 44 heavy (non-hydrogen) atoms. The van der Waals surface area contributed by atoms with Crippen molar-refractivity contribution in [1.29, 1.82) is 0 Å². The maximum Gasteiger partial charge on any atom is 0.460 e. The number of alkyl halides is 17. The highest BCUT2D eigenvalue weighted by Crippen LogP contribution is 2.65. The van der Waals surface area contributed by atoms with Crippen LogP contribution in [-0.2, 0) is 23.3 Å². The predicted molar refractivity (Wildman–Crippen MR) is 117 cm³/mol. The van der Waals surface area contributed by atoms with Crippen LogP contribution in [-0.4, -0.2) is 91.6 Å². The van der Waals surface area contributed by atoms with Gasteiger partial charge in [0.2, 0.25) is 0 Å². The molecule has 0 aromatic heterocycles. The number of rotatable bonds is 16. The summed E-state index contributed by atoms with van der Waals surface area (Å²) in [7, 11) is -11.7.